The topological polar surface area (TPSA) is 53.8 Å². The lowest BCUT2D eigenvalue weighted by Crippen LogP contribution is -2.45. The Bertz CT molecular complexity index is 483. The van der Waals surface area contributed by atoms with Gasteiger partial charge in [-0.15, -0.1) is 0 Å². The van der Waals surface area contributed by atoms with Gasteiger partial charge in [-0.2, -0.15) is 0 Å². The Labute approximate surface area is 112 Å². The van der Waals surface area contributed by atoms with Gasteiger partial charge in [0.15, 0.2) is 5.76 Å². The van der Waals surface area contributed by atoms with Gasteiger partial charge in [0.2, 0.25) is 5.91 Å². The fourth-order valence-corrected chi connectivity index (χ4v) is 3.15. The smallest absolute Gasteiger partial charge is 0.289 e. The van der Waals surface area contributed by atoms with Crippen LogP contribution in [0.4, 0.5) is 0 Å². The molecule has 102 valence electrons. The first-order valence-electron chi connectivity index (χ1n) is 6.82. The highest BCUT2D eigenvalue weighted by Gasteiger charge is 2.44. The maximum Gasteiger partial charge on any atom is 0.289 e. The van der Waals surface area contributed by atoms with Crippen molar-refractivity contribution in [2.24, 2.45) is 11.8 Å². The Kier molecular flexibility index (Phi) is 3.05. The Morgan fingerprint density at radius 3 is 3.00 bits per heavy atom. The summed E-state index contributed by atoms with van der Waals surface area (Å²) in [6.45, 7) is 4.78. The van der Waals surface area contributed by atoms with Crippen LogP contribution in [0.5, 0.6) is 0 Å². The normalized spacial score (nSPS) is 26.7. The number of carbonyl (C=O) groups is 2. The fraction of sp³-hybridized carbons (Fsp3) is 0.571. The Hall–Kier alpha value is -1.78. The number of hydrogen-bond donors (Lipinski definition) is 0. The highest BCUT2D eigenvalue weighted by Crippen LogP contribution is 2.32. The second-order valence-corrected chi connectivity index (χ2v) is 5.26. The molecule has 0 saturated carbocycles. The van der Waals surface area contributed by atoms with Gasteiger partial charge in [-0.25, -0.2) is 0 Å². The molecule has 0 spiro atoms. The molecule has 5 heteroatoms. The molecule has 2 fully saturated rings. The van der Waals surface area contributed by atoms with Crippen LogP contribution in [0.3, 0.4) is 0 Å². The minimum Gasteiger partial charge on any atom is -0.459 e. The first-order chi connectivity index (χ1) is 9.20. The molecule has 1 aromatic rings. The minimum absolute atomic E-state index is 0.0207. The summed E-state index contributed by atoms with van der Waals surface area (Å²) in [6.07, 6.45) is 2.49. The molecule has 2 unspecified atom stereocenters. The predicted molar refractivity (Wildman–Crippen MR) is 68.5 cm³/mol. The lowest BCUT2D eigenvalue weighted by atomic mass is 9.88. The van der Waals surface area contributed by atoms with E-state index < -0.39 is 0 Å². The van der Waals surface area contributed by atoms with Gasteiger partial charge in [0.25, 0.3) is 5.91 Å². The summed E-state index contributed by atoms with van der Waals surface area (Å²) in [5, 5.41) is 0. The van der Waals surface area contributed by atoms with Crippen molar-refractivity contribution in [3.8, 4) is 0 Å². The van der Waals surface area contributed by atoms with Crippen molar-refractivity contribution in [2.75, 3.05) is 26.2 Å². The second kappa shape index (κ2) is 4.72. The zero-order valence-corrected chi connectivity index (χ0v) is 11.0. The third-order valence-electron chi connectivity index (χ3n) is 4.24. The first kappa shape index (κ1) is 12.3. The van der Waals surface area contributed by atoms with E-state index >= 15 is 0 Å². The van der Waals surface area contributed by atoms with Gasteiger partial charge >= 0.3 is 0 Å². The molecule has 0 radical (unpaired) electrons. The zero-order valence-electron chi connectivity index (χ0n) is 11.0. The second-order valence-electron chi connectivity index (χ2n) is 5.26. The molecule has 2 aliphatic rings. The molecule has 2 amide bonds. The van der Waals surface area contributed by atoms with Gasteiger partial charge in [0.1, 0.15) is 0 Å². The predicted octanol–water partition coefficient (Wildman–Crippen LogP) is 1.22. The van der Waals surface area contributed by atoms with E-state index in [0.717, 1.165) is 19.5 Å². The van der Waals surface area contributed by atoms with Crippen LogP contribution < -0.4 is 0 Å². The molecule has 2 saturated heterocycles. The van der Waals surface area contributed by atoms with Crippen LogP contribution in [0.15, 0.2) is 22.8 Å². The lowest BCUT2D eigenvalue weighted by Gasteiger charge is -2.32. The third kappa shape index (κ3) is 2.03. The van der Waals surface area contributed by atoms with Crippen LogP contribution in [0.25, 0.3) is 0 Å². The Balaban J connectivity index is 1.73. The first-order valence-corrected chi connectivity index (χ1v) is 6.82. The summed E-state index contributed by atoms with van der Waals surface area (Å²) in [7, 11) is 0. The van der Waals surface area contributed by atoms with E-state index in [1.54, 1.807) is 17.0 Å². The van der Waals surface area contributed by atoms with Crippen molar-refractivity contribution in [3.05, 3.63) is 24.2 Å². The van der Waals surface area contributed by atoms with E-state index in [1.165, 1.54) is 6.26 Å². The average Bonchev–Trinajstić information content (AvgIpc) is 3.08. The number of amides is 2. The van der Waals surface area contributed by atoms with Gasteiger partial charge in [-0.3, -0.25) is 9.59 Å². The molecule has 2 atom stereocenters. The van der Waals surface area contributed by atoms with Gasteiger partial charge in [0.05, 0.1) is 12.2 Å². The van der Waals surface area contributed by atoms with Crippen LogP contribution in [0.1, 0.15) is 23.9 Å². The van der Waals surface area contributed by atoms with Gasteiger partial charge < -0.3 is 14.2 Å². The standard InChI is InChI=1S/C14H18N2O3/c1-2-15-6-5-10-8-16(9-11(10)13(15)17)14(18)12-4-3-7-19-12/h3-4,7,10-11H,2,5-6,8-9H2,1H3. The van der Waals surface area contributed by atoms with Crippen LogP contribution in [0.2, 0.25) is 0 Å². The van der Waals surface area contributed by atoms with Crippen molar-refractivity contribution < 1.29 is 14.0 Å². The van der Waals surface area contributed by atoms with Crippen LogP contribution in [-0.2, 0) is 4.79 Å². The molecular weight excluding hydrogens is 244 g/mol. The van der Waals surface area contributed by atoms with Crippen LogP contribution >= 0.6 is 0 Å². The summed E-state index contributed by atoms with van der Waals surface area (Å²) in [6, 6.07) is 3.38. The quantitative estimate of drug-likeness (QED) is 0.805. The summed E-state index contributed by atoms with van der Waals surface area (Å²) >= 11 is 0. The Morgan fingerprint density at radius 1 is 1.47 bits per heavy atom. The van der Waals surface area contributed by atoms with Gasteiger partial charge in [-0.05, 0) is 31.4 Å². The molecule has 0 aromatic carbocycles. The highest BCUT2D eigenvalue weighted by atomic mass is 16.3. The number of piperidine rings is 1. The number of furan rings is 1. The number of nitrogens with zero attached hydrogens (tertiary/aromatic N) is 2. The third-order valence-corrected chi connectivity index (χ3v) is 4.24. The molecule has 1 aromatic heterocycles. The lowest BCUT2D eigenvalue weighted by molar-refractivity contribution is -0.139. The minimum atomic E-state index is -0.102. The average molecular weight is 262 g/mol. The summed E-state index contributed by atoms with van der Waals surface area (Å²) in [5.41, 5.74) is 0. The van der Waals surface area contributed by atoms with E-state index in [2.05, 4.69) is 0 Å². The molecule has 3 heterocycles. The molecule has 5 nitrogen and oxygen atoms in total. The highest BCUT2D eigenvalue weighted by molar-refractivity contribution is 5.92. The number of fused-ring (bicyclic) bond motifs is 1. The number of carbonyl (C=O) groups excluding carboxylic acids is 2. The fourth-order valence-electron chi connectivity index (χ4n) is 3.15. The molecule has 0 N–H and O–H groups in total. The van der Waals surface area contributed by atoms with Crippen molar-refractivity contribution >= 4 is 11.8 Å². The SMILES string of the molecule is CCN1CCC2CN(C(=O)c3ccco3)CC2C1=O. The largest absolute Gasteiger partial charge is 0.459 e. The maximum atomic E-state index is 12.3. The maximum absolute atomic E-state index is 12.3. The molecule has 0 bridgehead atoms. The van der Waals surface area contributed by atoms with Crippen molar-refractivity contribution in [2.45, 2.75) is 13.3 Å². The molecule has 2 aliphatic heterocycles. The van der Waals surface area contributed by atoms with Crippen LogP contribution in [0, 0.1) is 11.8 Å². The van der Waals surface area contributed by atoms with Crippen molar-refractivity contribution in [1.29, 1.82) is 0 Å². The molecular formula is C14H18N2O3. The summed E-state index contributed by atoms with van der Waals surface area (Å²) in [5.74, 6) is 0.754. The number of hydrogen-bond acceptors (Lipinski definition) is 3. The van der Waals surface area contributed by atoms with E-state index in [1.807, 2.05) is 11.8 Å². The van der Waals surface area contributed by atoms with Crippen LogP contribution in [-0.4, -0.2) is 47.8 Å². The summed E-state index contributed by atoms with van der Waals surface area (Å²) in [4.78, 5) is 28.1. The van der Waals surface area contributed by atoms with Gasteiger partial charge in [0, 0.05) is 26.2 Å². The van der Waals surface area contributed by atoms with Crippen molar-refractivity contribution in [3.63, 3.8) is 0 Å². The van der Waals surface area contributed by atoms with E-state index in [0.29, 0.717) is 24.8 Å². The number of rotatable bonds is 2. The monoisotopic (exact) mass is 262 g/mol. The zero-order chi connectivity index (χ0) is 13.4. The van der Waals surface area contributed by atoms with E-state index in [-0.39, 0.29) is 17.7 Å². The van der Waals surface area contributed by atoms with Gasteiger partial charge in [-0.1, -0.05) is 0 Å². The number of likely N-dealkylation sites (tertiary alicyclic amines) is 2. The molecule has 19 heavy (non-hydrogen) atoms. The molecule has 3 rings (SSSR count). The summed E-state index contributed by atoms with van der Waals surface area (Å²) < 4.78 is 5.14. The van der Waals surface area contributed by atoms with Crippen molar-refractivity contribution in [1.82, 2.24) is 9.80 Å². The van der Waals surface area contributed by atoms with E-state index in [4.69, 9.17) is 4.42 Å². The molecule has 0 aliphatic carbocycles. The Morgan fingerprint density at radius 2 is 2.32 bits per heavy atom. The van der Waals surface area contributed by atoms with E-state index in [9.17, 15) is 9.59 Å².